The van der Waals surface area contributed by atoms with Gasteiger partial charge in [0.05, 0.1) is 24.4 Å². The Morgan fingerprint density at radius 2 is 1.89 bits per heavy atom. The third-order valence-corrected chi connectivity index (χ3v) is 9.08. The average molecular weight is 481 g/mol. The second-order valence-corrected chi connectivity index (χ2v) is 12.1. The van der Waals surface area contributed by atoms with Gasteiger partial charge in [-0.2, -0.15) is 0 Å². The van der Waals surface area contributed by atoms with Gasteiger partial charge in [-0.3, -0.25) is 0 Å². The van der Waals surface area contributed by atoms with Crippen molar-refractivity contribution in [3.63, 3.8) is 0 Å². The molecule has 0 radical (unpaired) electrons. The molecular formula is C31H44O4. The Bertz CT molecular complexity index is 968. The summed E-state index contributed by atoms with van der Waals surface area (Å²) < 4.78 is 6.23. The molecule has 3 aliphatic rings. The third-order valence-electron chi connectivity index (χ3n) is 9.08. The minimum Gasteiger partial charge on any atom is -0.493 e. The maximum absolute atomic E-state index is 10.3. The SMILES string of the molecule is C=C1[C@H](O)CC(=CC=C2CCC[C@@]3(C)C2CC[C@@H]3[C@@H](C)COc2cccc(C(C)(C)O)c2)C[C@H]1O. The van der Waals surface area contributed by atoms with Crippen LogP contribution in [0.2, 0.25) is 0 Å². The van der Waals surface area contributed by atoms with E-state index in [2.05, 4.69) is 32.6 Å². The van der Waals surface area contributed by atoms with E-state index in [1.807, 2.05) is 24.3 Å². The highest BCUT2D eigenvalue weighted by Gasteiger charge is 2.50. The first-order valence-electron chi connectivity index (χ1n) is 13.4. The lowest BCUT2D eigenvalue weighted by molar-refractivity contribution is 0.0727. The lowest BCUT2D eigenvalue weighted by Gasteiger charge is -2.44. The smallest absolute Gasteiger partial charge is 0.119 e. The van der Waals surface area contributed by atoms with E-state index >= 15 is 0 Å². The largest absolute Gasteiger partial charge is 0.493 e. The number of benzene rings is 1. The minimum absolute atomic E-state index is 0.278. The number of fused-ring (bicyclic) bond motifs is 1. The van der Waals surface area contributed by atoms with Gasteiger partial charge in [-0.05, 0) is 105 Å². The molecule has 0 bridgehead atoms. The number of aliphatic hydroxyl groups excluding tert-OH is 2. The van der Waals surface area contributed by atoms with Crippen LogP contribution in [0.15, 0.2) is 59.7 Å². The molecule has 3 N–H and O–H groups in total. The summed E-state index contributed by atoms with van der Waals surface area (Å²) in [6.07, 6.45) is 10.4. The Kier molecular flexibility index (Phi) is 7.66. The van der Waals surface area contributed by atoms with Crippen LogP contribution in [0, 0.1) is 23.2 Å². The predicted octanol–water partition coefficient (Wildman–Crippen LogP) is 6.07. The lowest BCUT2D eigenvalue weighted by Crippen LogP contribution is -2.37. The van der Waals surface area contributed by atoms with Gasteiger partial charge in [0, 0.05) is 0 Å². The molecular weight excluding hydrogens is 436 g/mol. The van der Waals surface area contributed by atoms with E-state index < -0.39 is 17.8 Å². The summed E-state index contributed by atoms with van der Waals surface area (Å²) >= 11 is 0. The molecule has 4 heteroatoms. The maximum Gasteiger partial charge on any atom is 0.119 e. The molecule has 1 unspecified atom stereocenters. The monoisotopic (exact) mass is 480 g/mol. The van der Waals surface area contributed by atoms with Crippen LogP contribution in [0.5, 0.6) is 5.75 Å². The van der Waals surface area contributed by atoms with Gasteiger partial charge < -0.3 is 20.1 Å². The molecule has 0 aromatic heterocycles. The highest BCUT2D eigenvalue weighted by atomic mass is 16.5. The number of hydrogen-bond donors (Lipinski definition) is 3. The van der Waals surface area contributed by atoms with Crippen LogP contribution in [0.3, 0.4) is 0 Å². The Balaban J connectivity index is 1.43. The Labute approximate surface area is 211 Å². The van der Waals surface area contributed by atoms with Crippen LogP contribution in [0.1, 0.15) is 78.2 Å². The lowest BCUT2D eigenvalue weighted by atomic mass is 9.61. The van der Waals surface area contributed by atoms with Crippen LogP contribution in [-0.4, -0.2) is 34.1 Å². The van der Waals surface area contributed by atoms with E-state index in [4.69, 9.17) is 4.74 Å². The van der Waals surface area contributed by atoms with Crippen molar-refractivity contribution in [1.82, 2.24) is 0 Å². The standard InChI is InChI=1S/C31H44O4/c1-20(19-35-25-10-6-9-24(18-25)30(3,4)34)26-13-14-27-23(8-7-15-31(26,27)5)12-11-22-16-28(32)21(2)29(33)17-22/h6,9-12,18,20,26-29,32-34H,2,7-8,13-17,19H2,1,3-5H3/t20-,26+,27?,28+,29+,31+/m0/s1. The summed E-state index contributed by atoms with van der Waals surface area (Å²) in [5, 5.41) is 30.7. The molecule has 35 heavy (non-hydrogen) atoms. The van der Waals surface area contributed by atoms with Crippen molar-refractivity contribution >= 4 is 0 Å². The van der Waals surface area contributed by atoms with E-state index in [9.17, 15) is 15.3 Å². The number of rotatable bonds is 6. The molecule has 3 fully saturated rings. The molecule has 3 aliphatic carbocycles. The van der Waals surface area contributed by atoms with Crippen LogP contribution in [-0.2, 0) is 5.60 Å². The van der Waals surface area contributed by atoms with Crippen molar-refractivity contribution in [2.24, 2.45) is 23.2 Å². The molecule has 0 heterocycles. The topological polar surface area (TPSA) is 69.9 Å². The number of hydrogen-bond acceptors (Lipinski definition) is 4. The summed E-state index contributed by atoms with van der Waals surface area (Å²) in [6.45, 7) is 12.9. The zero-order valence-corrected chi connectivity index (χ0v) is 22.0. The molecule has 1 aromatic carbocycles. The van der Waals surface area contributed by atoms with Crippen molar-refractivity contribution in [2.75, 3.05) is 6.61 Å². The Hall–Kier alpha value is -1.88. The molecule has 6 atom stereocenters. The van der Waals surface area contributed by atoms with Gasteiger partial charge in [-0.25, -0.2) is 0 Å². The zero-order chi connectivity index (χ0) is 25.4. The van der Waals surface area contributed by atoms with E-state index in [-0.39, 0.29) is 5.41 Å². The highest BCUT2D eigenvalue weighted by molar-refractivity contribution is 5.32. The van der Waals surface area contributed by atoms with Crippen LogP contribution < -0.4 is 4.74 Å². The predicted molar refractivity (Wildman–Crippen MR) is 141 cm³/mol. The van der Waals surface area contributed by atoms with Gasteiger partial charge in [0.25, 0.3) is 0 Å². The van der Waals surface area contributed by atoms with Gasteiger partial charge in [0.2, 0.25) is 0 Å². The second-order valence-electron chi connectivity index (χ2n) is 12.1. The molecule has 0 saturated heterocycles. The van der Waals surface area contributed by atoms with Crippen molar-refractivity contribution in [3.8, 4) is 5.75 Å². The van der Waals surface area contributed by atoms with Crippen LogP contribution >= 0.6 is 0 Å². The summed E-state index contributed by atoms with van der Waals surface area (Å²) in [6, 6.07) is 7.82. The van der Waals surface area contributed by atoms with Crippen LogP contribution in [0.25, 0.3) is 0 Å². The minimum atomic E-state index is -0.876. The average Bonchev–Trinajstić information content (AvgIpc) is 3.16. The zero-order valence-electron chi connectivity index (χ0n) is 22.0. The van der Waals surface area contributed by atoms with Gasteiger partial charge in [-0.1, -0.05) is 55.9 Å². The van der Waals surface area contributed by atoms with E-state index in [0.717, 1.165) is 23.3 Å². The summed E-state index contributed by atoms with van der Waals surface area (Å²) in [7, 11) is 0. The molecule has 4 nitrogen and oxygen atoms in total. The van der Waals surface area contributed by atoms with E-state index in [0.29, 0.717) is 42.8 Å². The van der Waals surface area contributed by atoms with Gasteiger partial charge >= 0.3 is 0 Å². The van der Waals surface area contributed by atoms with E-state index in [1.165, 1.54) is 31.3 Å². The van der Waals surface area contributed by atoms with Crippen molar-refractivity contribution in [1.29, 1.82) is 0 Å². The van der Waals surface area contributed by atoms with Gasteiger partial charge in [-0.15, -0.1) is 0 Å². The summed E-state index contributed by atoms with van der Waals surface area (Å²) in [5.41, 5.74) is 3.46. The van der Waals surface area contributed by atoms with Crippen molar-refractivity contribution in [3.05, 3.63) is 65.3 Å². The van der Waals surface area contributed by atoms with Gasteiger partial charge in [0.15, 0.2) is 0 Å². The molecule has 4 rings (SSSR count). The fourth-order valence-electron chi connectivity index (χ4n) is 6.95. The van der Waals surface area contributed by atoms with E-state index in [1.54, 1.807) is 13.8 Å². The molecule has 0 aliphatic heterocycles. The molecule has 0 amide bonds. The fraction of sp³-hybridized carbons (Fsp3) is 0.613. The molecule has 0 spiro atoms. The van der Waals surface area contributed by atoms with Crippen LogP contribution in [0.4, 0.5) is 0 Å². The number of ether oxygens (including phenoxy) is 1. The second kappa shape index (κ2) is 10.2. The highest BCUT2D eigenvalue weighted by Crippen LogP contribution is 2.59. The Morgan fingerprint density at radius 1 is 1.17 bits per heavy atom. The number of allylic oxidation sites excluding steroid dienone is 3. The first kappa shape index (κ1) is 26.2. The third kappa shape index (κ3) is 5.60. The van der Waals surface area contributed by atoms with Crippen molar-refractivity contribution < 1.29 is 20.1 Å². The number of aliphatic hydroxyl groups is 3. The summed E-state index contributed by atoms with van der Waals surface area (Å²) in [5.74, 6) is 2.48. The molecule has 192 valence electrons. The quantitative estimate of drug-likeness (QED) is 0.432. The normalized spacial score (nSPS) is 33.5. The Morgan fingerprint density at radius 3 is 2.57 bits per heavy atom. The van der Waals surface area contributed by atoms with Crippen molar-refractivity contribution in [2.45, 2.75) is 90.4 Å². The van der Waals surface area contributed by atoms with Gasteiger partial charge in [0.1, 0.15) is 5.75 Å². The fourth-order valence-corrected chi connectivity index (χ4v) is 6.95. The first-order chi connectivity index (χ1) is 16.5. The molecule has 3 saturated carbocycles. The maximum atomic E-state index is 10.3. The molecule has 1 aromatic rings. The first-order valence-corrected chi connectivity index (χ1v) is 13.4. The summed E-state index contributed by atoms with van der Waals surface area (Å²) in [4.78, 5) is 0.